The highest BCUT2D eigenvalue weighted by atomic mass is 32.2. The summed E-state index contributed by atoms with van der Waals surface area (Å²) in [6.07, 6.45) is 0. The third-order valence-corrected chi connectivity index (χ3v) is 6.84. The van der Waals surface area contributed by atoms with Gasteiger partial charge in [-0.2, -0.15) is 0 Å². The Morgan fingerprint density at radius 3 is 2.24 bits per heavy atom. The molecule has 0 fully saturated rings. The summed E-state index contributed by atoms with van der Waals surface area (Å²) in [7, 11) is -3.84. The number of rotatable bonds is 5. The lowest BCUT2D eigenvalue weighted by Crippen LogP contribution is -2.14. The third-order valence-electron chi connectivity index (χ3n) is 5.46. The SMILES string of the molecule is Cc1ccc(S(=O)(=O)Nc2ccccc2-c2nc(-c3ccccc3)c3c(F)cccc3n2)cc1. The molecular formula is C27H20FN3O2S. The Morgan fingerprint density at radius 1 is 0.765 bits per heavy atom. The number of aromatic nitrogens is 2. The van der Waals surface area contributed by atoms with Gasteiger partial charge in [-0.1, -0.05) is 66.2 Å². The van der Waals surface area contributed by atoms with Gasteiger partial charge in [-0.05, 0) is 43.3 Å². The van der Waals surface area contributed by atoms with Crippen LogP contribution in [0.15, 0.2) is 102 Å². The summed E-state index contributed by atoms with van der Waals surface area (Å²) in [6.45, 7) is 1.89. The first kappa shape index (κ1) is 21.7. The number of sulfonamides is 1. The van der Waals surface area contributed by atoms with Crippen molar-refractivity contribution in [3.63, 3.8) is 0 Å². The van der Waals surface area contributed by atoms with Crippen molar-refractivity contribution < 1.29 is 12.8 Å². The summed E-state index contributed by atoms with van der Waals surface area (Å²) in [5.74, 6) is -0.129. The van der Waals surface area contributed by atoms with Crippen LogP contribution in [0.2, 0.25) is 0 Å². The minimum atomic E-state index is -3.84. The lowest BCUT2D eigenvalue weighted by molar-refractivity contribution is 0.601. The summed E-state index contributed by atoms with van der Waals surface area (Å²) < 4.78 is 43.6. The van der Waals surface area contributed by atoms with Crippen LogP contribution in [0.1, 0.15) is 5.56 Å². The van der Waals surface area contributed by atoms with Crippen LogP contribution in [0, 0.1) is 12.7 Å². The summed E-state index contributed by atoms with van der Waals surface area (Å²) >= 11 is 0. The van der Waals surface area contributed by atoms with Crippen molar-refractivity contribution in [2.24, 2.45) is 0 Å². The number of nitrogens with zero attached hydrogens (tertiary/aromatic N) is 2. The first-order valence-electron chi connectivity index (χ1n) is 10.6. The quantitative estimate of drug-likeness (QED) is 0.332. The van der Waals surface area contributed by atoms with E-state index in [1.54, 1.807) is 60.7 Å². The number of anilines is 1. The number of hydrogen-bond donors (Lipinski definition) is 1. The largest absolute Gasteiger partial charge is 0.279 e. The maximum Gasteiger partial charge on any atom is 0.261 e. The van der Waals surface area contributed by atoms with Gasteiger partial charge in [0.25, 0.3) is 10.0 Å². The molecular weight excluding hydrogens is 449 g/mol. The molecule has 1 aromatic heterocycles. The summed E-state index contributed by atoms with van der Waals surface area (Å²) in [5.41, 5.74) is 3.39. The molecule has 7 heteroatoms. The molecule has 0 aliphatic carbocycles. The molecule has 168 valence electrons. The Labute approximate surface area is 197 Å². The van der Waals surface area contributed by atoms with E-state index < -0.39 is 15.8 Å². The van der Waals surface area contributed by atoms with E-state index in [4.69, 9.17) is 4.98 Å². The molecule has 1 N–H and O–H groups in total. The maximum absolute atomic E-state index is 14.8. The molecule has 0 aliphatic rings. The fourth-order valence-corrected chi connectivity index (χ4v) is 4.83. The molecule has 5 nitrogen and oxygen atoms in total. The zero-order valence-corrected chi connectivity index (χ0v) is 19.1. The fourth-order valence-electron chi connectivity index (χ4n) is 3.75. The summed E-state index contributed by atoms with van der Waals surface area (Å²) in [4.78, 5) is 9.43. The third kappa shape index (κ3) is 4.13. The lowest BCUT2D eigenvalue weighted by Gasteiger charge is -2.14. The van der Waals surface area contributed by atoms with E-state index in [0.717, 1.165) is 11.1 Å². The molecule has 0 radical (unpaired) electrons. The predicted octanol–water partition coefficient (Wildman–Crippen LogP) is 6.21. The predicted molar refractivity (Wildman–Crippen MR) is 132 cm³/mol. The highest BCUT2D eigenvalue weighted by Crippen LogP contribution is 2.33. The van der Waals surface area contributed by atoms with E-state index in [9.17, 15) is 12.8 Å². The Bertz CT molecular complexity index is 1600. The average Bonchev–Trinajstić information content (AvgIpc) is 2.84. The number of halogens is 1. The average molecular weight is 470 g/mol. The molecule has 0 spiro atoms. The van der Waals surface area contributed by atoms with Crippen molar-refractivity contribution in [1.29, 1.82) is 0 Å². The zero-order valence-electron chi connectivity index (χ0n) is 18.2. The molecule has 5 rings (SSSR count). The molecule has 0 bridgehead atoms. The Hall–Kier alpha value is -4.10. The van der Waals surface area contributed by atoms with Gasteiger partial charge in [0.15, 0.2) is 5.82 Å². The zero-order chi connectivity index (χ0) is 23.7. The minimum Gasteiger partial charge on any atom is -0.279 e. The van der Waals surface area contributed by atoms with Crippen LogP contribution in [0.5, 0.6) is 0 Å². The smallest absolute Gasteiger partial charge is 0.261 e. The van der Waals surface area contributed by atoms with Crippen molar-refractivity contribution in [1.82, 2.24) is 9.97 Å². The molecule has 0 saturated heterocycles. The van der Waals surface area contributed by atoms with Crippen molar-refractivity contribution in [3.05, 3.63) is 108 Å². The second kappa shape index (κ2) is 8.68. The van der Waals surface area contributed by atoms with Crippen LogP contribution in [-0.2, 0) is 10.0 Å². The molecule has 4 aromatic carbocycles. The number of fused-ring (bicyclic) bond motifs is 1. The van der Waals surface area contributed by atoms with Gasteiger partial charge in [-0.3, -0.25) is 4.72 Å². The van der Waals surface area contributed by atoms with Gasteiger partial charge in [0.1, 0.15) is 5.82 Å². The molecule has 5 aromatic rings. The number of benzene rings is 4. The number of aryl methyl sites for hydroxylation is 1. The van der Waals surface area contributed by atoms with E-state index >= 15 is 0 Å². The normalized spacial score (nSPS) is 11.5. The fraction of sp³-hybridized carbons (Fsp3) is 0.0370. The van der Waals surface area contributed by atoms with E-state index in [1.165, 1.54) is 6.07 Å². The van der Waals surface area contributed by atoms with Crippen molar-refractivity contribution in [2.75, 3.05) is 4.72 Å². The maximum atomic E-state index is 14.8. The molecule has 34 heavy (non-hydrogen) atoms. The second-order valence-corrected chi connectivity index (χ2v) is 9.54. The van der Waals surface area contributed by atoms with Crippen LogP contribution < -0.4 is 4.72 Å². The molecule has 0 unspecified atom stereocenters. The van der Waals surface area contributed by atoms with Crippen LogP contribution in [0.25, 0.3) is 33.5 Å². The van der Waals surface area contributed by atoms with E-state index in [-0.39, 0.29) is 4.90 Å². The number of hydrogen-bond acceptors (Lipinski definition) is 4. The van der Waals surface area contributed by atoms with Crippen LogP contribution in [0.3, 0.4) is 0 Å². The van der Waals surface area contributed by atoms with Crippen LogP contribution >= 0.6 is 0 Å². The molecule has 0 atom stereocenters. The van der Waals surface area contributed by atoms with E-state index in [0.29, 0.717) is 33.7 Å². The van der Waals surface area contributed by atoms with E-state index in [1.807, 2.05) is 37.3 Å². The summed E-state index contributed by atoms with van der Waals surface area (Å²) in [5, 5.41) is 0.315. The second-order valence-electron chi connectivity index (χ2n) is 7.86. The number of nitrogens with one attached hydrogen (secondary N) is 1. The van der Waals surface area contributed by atoms with Crippen LogP contribution in [0.4, 0.5) is 10.1 Å². The summed E-state index contributed by atoms with van der Waals surface area (Å²) in [6, 6.07) is 27.5. The monoisotopic (exact) mass is 469 g/mol. The van der Waals surface area contributed by atoms with Gasteiger partial charge in [0.2, 0.25) is 0 Å². The first-order valence-corrected chi connectivity index (χ1v) is 12.1. The van der Waals surface area contributed by atoms with Crippen molar-refractivity contribution >= 4 is 26.6 Å². The van der Waals surface area contributed by atoms with Gasteiger partial charge in [0, 0.05) is 11.1 Å². The standard InChI is InChI=1S/C27H20FN3O2S/c1-18-14-16-20(17-15-18)34(32,33)31-23-12-6-5-10-21(23)27-29-24-13-7-11-22(28)25(24)26(30-27)19-8-3-2-4-9-19/h2-17,31H,1H3. The Kier molecular flexibility index (Phi) is 5.55. The lowest BCUT2D eigenvalue weighted by atomic mass is 10.0. The number of para-hydroxylation sites is 1. The van der Waals surface area contributed by atoms with Gasteiger partial charge >= 0.3 is 0 Å². The minimum absolute atomic E-state index is 0.152. The first-order chi connectivity index (χ1) is 16.4. The van der Waals surface area contributed by atoms with Gasteiger partial charge in [-0.25, -0.2) is 22.8 Å². The van der Waals surface area contributed by atoms with E-state index in [2.05, 4.69) is 9.71 Å². The van der Waals surface area contributed by atoms with Gasteiger partial charge < -0.3 is 0 Å². The van der Waals surface area contributed by atoms with Gasteiger partial charge in [-0.15, -0.1) is 0 Å². The highest BCUT2D eigenvalue weighted by molar-refractivity contribution is 7.92. The highest BCUT2D eigenvalue weighted by Gasteiger charge is 2.20. The van der Waals surface area contributed by atoms with Crippen molar-refractivity contribution in [2.45, 2.75) is 11.8 Å². The van der Waals surface area contributed by atoms with Crippen LogP contribution in [-0.4, -0.2) is 18.4 Å². The Morgan fingerprint density at radius 2 is 1.47 bits per heavy atom. The molecule has 1 heterocycles. The van der Waals surface area contributed by atoms with Gasteiger partial charge in [0.05, 0.1) is 27.2 Å². The molecule has 0 aliphatic heterocycles. The Balaban J connectivity index is 1.67. The molecule has 0 amide bonds. The van der Waals surface area contributed by atoms with Crippen molar-refractivity contribution in [3.8, 4) is 22.6 Å². The molecule has 0 saturated carbocycles. The topological polar surface area (TPSA) is 72.0 Å².